The van der Waals surface area contributed by atoms with Gasteiger partial charge in [-0.3, -0.25) is 4.90 Å². The molecule has 0 aliphatic carbocycles. The number of aliphatic hydroxyl groups is 1. The number of hydrogen-bond acceptors (Lipinski definition) is 4. The van der Waals surface area contributed by atoms with Crippen LogP contribution in [0.3, 0.4) is 0 Å². The topological polar surface area (TPSA) is 49.5 Å². The highest BCUT2D eigenvalue weighted by atomic mass is 32.1. The van der Waals surface area contributed by atoms with Gasteiger partial charge in [0.05, 0.1) is 19.7 Å². The van der Waals surface area contributed by atoms with Gasteiger partial charge in [-0.25, -0.2) is 8.78 Å². The van der Waals surface area contributed by atoms with E-state index in [1.165, 1.54) is 16.2 Å². The fourth-order valence-electron chi connectivity index (χ4n) is 1.50. The van der Waals surface area contributed by atoms with Gasteiger partial charge in [-0.1, -0.05) is 11.8 Å². The number of rotatable bonds is 6. The molecule has 100 valence electrons. The zero-order valence-electron chi connectivity index (χ0n) is 9.90. The second-order valence-corrected chi connectivity index (χ2v) is 4.61. The molecule has 1 aromatic rings. The summed E-state index contributed by atoms with van der Waals surface area (Å²) in [4.78, 5) is 2.44. The van der Waals surface area contributed by atoms with E-state index in [-0.39, 0.29) is 26.2 Å². The van der Waals surface area contributed by atoms with Crippen molar-refractivity contribution in [2.75, 3.05) is 26.2 Å². The molecule has 6 heteroatoms. The van der Waals surface area contributed by atoms with Crippen LogP contribution in [0.25, 0.3) is 0 Å². The number of nitrogens with zero attached hydrogens (tertiary/aromatic N) is 1. The fourth-order valence-corrected chi connectivity index (χ4v) is 2.37. The Morgan fingerprint density at radius 1 is 1.50 bits per heavy atom. The van der Waals surface area contributed by atoms with Crippen molar-refractivity contribution in [1.82, 2.24) is 4.90 Å². The highest BCUT2D eigenvalue weighted by Gasteiger charge is 2.14. The maximum atomic E-state index is 12.4. The lowest BCUT2D eigenvalue weighted by Crippen LogP contribution is -2.31. The molecule has 3 N–H and O–H groups in total. The Balaban J connectivity index is 2.70. The average Bonchev–Trinajstić information content (AvgIpc) is 2.73. The van der Waals surface area contributed by atoms with E-state index in [0.29, 0.717) is 6.54 Å². The molecule has 1 aromatic heterocycles. The normalized spacial score (nSPS) is 10.8. The third kappa shape index (κ3) is 5.10. The average molecular weight is 274 g/mol. The van der Waals surface area contributed by atoms with Crippen LogP contribution < -0.4 is 5.73 Å². The molecule has 0 atom stereocenters. The zero-order valence-corrected chi connectivity index (χ0v) is 10.7. The van der Waals surface area contributed by atoms with Crippen LogP contribution in [0.5, 0.6) is 0 Å². The van der Waals surface area contributed by atoms with Crippen LogP contribution in [0.1, 0.15) is 10.4 Å². The third-order valence-corrected chi connectivity index (χ3v) is 3.16. The molecule has 0 aromatic carbocycles. The minimum absolute atomic E-state index is 0.137. The Bertz CT molecular complexity index is 412. The second-order valence-electron chi connectivity index (χ2n) is 3.61. The number of hydrogen-bond donors (Lipinski definition) is 2. The summed E-state index contributed by atoms with van der Waals surface area (Å²) in [6.07, 6.45) is -2.41. The lowest BCUT2D eigenvalue weighted by Gasteiger charge is -2.20. The molecule has 0 aliphatic heterocycles. The van der Waals surface area contributed by atoms with Crippen LogP contribution in [0.4, 0.5) is 8.78 Å². The number of nitrogens with two attached hydrogens (primary N) is 1. The van der Waals surface area contributed by atoms with Crippen molar-refractivity contribution in [2.24, 2.45) is 5.73 Å². The van der Waals surface area contributed by atoms with E-state index in [2.05, 4.69) is 11.8 Å². The molecule has 0 fully saturated rings. The first-order chi connectivity index (χ1) is 8.67. The first kappa shape index (κ1) is 15.1. The van der Waals surface area contributed by atoms with Crippen LogP contribution >= 0.6 is 11.3 Å². The minimum Gasteiger partial charge on any atom is -0.395 e. The van der Waals surface area contributed by atoms with Crippen LogP contribution in [-0.4, -0.2) is 42.7 Å². The van der Waals surface area contributed by atoms with Crippen molar-refractivity contribution in [2.45, 2.75) is 13.0 Å². The van der Waals surface area contributed by atoms with Gasteiger partial charge in [-0.05, 0) is 11.4 Å². The van der Waals surface area contributed by atoms with Crippen LogP contribution in [0, 0.1) is 11.8 Å². The van der Waals surface area contributed by atoms with Crippen molar-refractivity contribution < 1.29 is 13.9 Å². The summed E-state index contributed by atoms with van der Waals surface area (Å²) >= 11 is 1.47. The van der Waals surface area contributed by atoms with Gasteiger partial charge >= 0.3 is 0 Å². The number of aliphatic hydroxyl groups excluding tert-OH is 1. The minimum atomic E-state index is -2.41. The van der Waals surface area contributed by atoms with Gasteiger partial charge in [-0.2, -0.15) is 0 Å². The van der Waals surface area contributed by atoms with Gasteiger partial charge in [0.2, 0.25) is 0 Å². The van der Waals surface area contributed by atoms with Crippen molar-refractivity contribution in [3.05, 3.63) is 21.9 Å². The molecule has 0 aliphatic rings. The smallest absolute Gasteiger partial charge is 0.251 e. The number of thiophene rings is 1. The highest BCUT2D eigenvalue weighted by Crippen LogP contribution is 2.18. The highest BCUT2D eigenvalue weighted by molar-refractivity contribution is 7.10. The Kier molecular flexibility index (Phi) is 6.83. The molecular formula is C12H16F2N2OS. The number of alkyl halides is 2. The molecule has 0 spiro atoms. The summed E-state index contributed by atoms with van der Waals surface area (Å²) in [7, 11) is 0. The summed E-state index contributed by atoms with van der Waals surface area (Å²) in [5, 5.41) is 10.7. The van der Waals surface area contributed by atoms with E-state index in [1.54, 1.807) is 0 Å². The number of halogens is 2. The van der Waals surface area contributed by atoms with Gasteiger partial charge in [-0.15, -0.1) is 11.3 Å². The Morgan fingerprint density at radius 3 is 2.89 bits per heavy atom. The maximum absolute atomic E-state index is 12.4. The van der Waals surface area contributed by atoms with Gasteiger partial charge in [0.25, 0.3) is 6.43 Å². The zero-order chi connectivity index (χ0) is 13.4. The monoisotopic (exact) mass is 274 g/mol. The van der Waals surface area contributed by atoms with Crippen molar-refractivity contribution in [1.29, 1.82) is 0 Å². The largest absolute Gasteiger partial charge is 0.395 e. The molecule has 3 nitrogen and oxygen atoms in total. The van der Waals surface area contributed by atoms with E-state index >= 15 is 0 Å². The third-order valence-electron chi connectivity index (χ3n) is 2.25. The summed E-state index contributed by atoms with van der Waals surface area (Å²) < 4.78 is 24.8. The van der Waals surface area contributed by atoms with Gasteiger partial charge in [0.1, 0.15) is 0 Å². The molecule has 0 radical (unpaired) electrons. The van der Waals surface area contributed by atoms with Crippen molar-refractivity contribution >= 4 is 11.3 Å². The van der Waals surface area contributed by atoms with Crippen LogP contribution in [0.15, 0.2) is 11.4 Å². The molecule has 0 saturated carbocycles. The Morgan fingerprint density at radius 2 is 2.28 bits per heavy atom. The molecule has 1 heterocycles. The van der Waals surface area contributed by atoms with Crippen molar-refractivity contribution in [3.63, 3.8) is 0 Å². The van der Waals surface area contributed by atoms with E-state index in [0.717, 1.165) is 10.4 Å². The molecular weight excluding hydrogens is 258 g/mol. The SMILES string of the molecule is NCC#Cc1ccsc1CN(CCO)CC(F)F. The molecule has 18 heavy (non-hydrogen) atoms. The summed E-state index contributed by atoms with van der Waals surface area (Å²) in [5.41, 5.74) is 6.12. The summed E-state index contributed by atoms with van der Waals surface area (Å²) in [6.45, 7) is 0.389. The molecule has 0 amide bonds. The van der Waals surface area contributed by atoms with Gasteiger partial charge < -0.3 is 10.8 Å². The van der Waals surface area contributed by atoms with E-state index in [1.807, 2.05) is 11.4 Å². The lowest BCUT2D eigenvalue weighted by atomic mass is 10.2. The first-order valence-electron chi connectivity index (χ1n) is 5.54. The predicted octanol–water partition coefficient (Wildman–Crippen LogP) is 1.12. The van der Waals surface area contributed by atoms with E-state index in [4.69, 9.17) is 10.8 Å². The van der Waals surface area contributed by atoms with E-state index in [9.17, 15) is 8.78 Å². The standard InChI is InChI=1S/C12H16F2N2OS/c13-12(14)9-16(5-6-17)8-11-10(2-1-4-15)3-7-18-11/h3,7,12,17H,4-6,8-9,15H2. The molecule has 0 bridgehead atoms. The molecule has 0 saturated heterocycles. The summed E-state index contributed by atoms with van der Waals surface area (Å²) in [6, 6.07) is 1.85. The second kappa shape index (κ2) is 8.16. The van der Waals surface area contributed by atoms with Crippen LogP contribution in [-0.2, 0) is 6.54 Å². The van der Waals surface area contributed by atoms with E-state index < -0.39 is 6.43 Å². The molecule has 1 rings (SSSR count). The van der Waals surface area contributed by atoms with Crippen LogP contribution in [0.2, 0.25) is 0 Å². The fraction of sp³-hybridized carbons (Fsp3) is 0.500. The Labute approximate surface area is 109 Å². The lowest BCUT2D eigenvalue weighted by molar-refractivity contribution is 0.0751. The predicted molar refractivity (Wildman–Crippen MR) is 68.6 cm³/mol. The quantitative estimate of drug-likeness (QED) is 0.764. The first-order valence-corrected chi connectivity index (χ1v) is 6.42. The Hall–Kier alpha value is -1.00. The summed E-state index contributed by atoms with van der Waals surface area (Å²) in [5.74, 6) is 5.66. The maximum Gasteiger partial charge on any atom is 0.251 e. The van der Waals surface area contributed by atoms with Gasteiger partial charge in [0, 0.05) is 23.5 Å². The van der Waals surface area contributed by atoms with Gasteiger partial charge in [0.15, 0.2) is 0 Å². The molecule has 0 unspecified atom stereocenters. The van der Waals surface area contributed by atoms with Crippen molar-refractivity contribution in [3.8, 4) is 11.8 Å².